The van der Waals surface area contributed by atoms with Gasteiger partial charge in [-0.25, -0.2) is 0 Å². The van der Waals surface area contributed by atoms with Gasteiger partial charge in [0.2, 0.25) is 5.91 Å². The molecule has 1 aliphatic rings. The normalized spacial score (nSPS) is 14.4. The molecule has 0 aliphatic carbocycles. The third kappa shape index (κ3) is 4.77. The van der Waals surface area contributed by atoms with Crippen LogP contribution in [0.4, 0.5) is 0 Å². The standard InChI is InChI=1S/C23H24N2O3/c1-2-28-23(27)21-11-13-25(14-12-21)22(26)15-17-3-7-19(8-4-17)20-9-5-18(16-24)6-10-20/h3-10,21H,2,11-15H2,1H3. The highest BCUT2D eigenvalue weighted by molar-refractivity contribution is 5.80. The van der Waals surface area contributed by atoms with Crippen LogP contribution in [0.2, 0.25) is 0 Å². The van der Waals surface area contributed by atoms with E-state index in [-0.39, 0.29) is 17.8 Å². The molecule has 1 amide bonds. The van der Waals surface area contributed by atoms with E-state index >= 15 is 0 Å². The van der Waals surface area contributed by atoms with Crippen molar-refractivity contribution in [1.82, 2.24) is 4.90 Å². The highest BCUT2D eigenvalue weighted by Gasteiger charge is 2.28. The number of hydrogen-bond acceptors (Lipinski definition) is 4. The molecule has 144 valence electrons. The first-order chi connectivity index (χ1) is 13.6. The molecule has 28 heavy (non-hydrogen) atoms. The number of nitrogens with zero attached hydrogens (tertiary/aromatic N) is 2. The molecule has 1 aliphatic heterocycles. The number of hydrogen-bond donors (Lipinski definition) is 0. The zero-order chi connectivity index (χ0) is 19.9. The smallest absolute Gasteiger partial charge is 0.309 e. The number of nitriles is 1. The number of amides is 1. The van der Waals surface area contributed by atoms with E-state index in [0.29, 0.717) is 44.5 Å². The van der Waals surface area contributed by atoms with Crippen molar-refractivity contribution in [2.24, 2.45) is 5.92 Å². The van der Waals surface area contributed by atoms with E-state index in [2.05, 4.69) is 6.07 Å². The lowest BCUT2D eigenvalue weighted by atomic mass is 9.96. The molecule has 0 aromatic heterocycles. The SMILES string of the molecule is CCOC(=O)C1CCN(C(=O)Cc2ccc(-c3ccc(C#N)cc3)cc2)CC1. The quantitative estimate of drug-likeness (QED) is 0.748. The van der Waals surface area contributed by atoms with Crippen LogP contribution in [0, 0.1) is 17.2 Å². The zero-order valence-corrected chi connectivity index (χ0v) is 16.1. The number of ether oxygens (including phenoxy) is 1. The van der Waals surface area contributed by atoms with Crippen LogP contribution in [0.25, 0.3) is 11.1 Å². The van der Waals surface area contributed by atoms with Gasteiger partial charge in [-0.15, -0.1) is 0 Å². The van der Waals surface area contributed by atoms with E-state index < -0.39 is 0 Å². The molecule has 1 saturated heterocycles. The number of esters is 1. The Kier molecular flexibility index (Phi) is 6.44. The highest BCUT2D eigenvalue weighted by atomic mass is 16.5. The summed E-state index contributed by atoms with van der Waals surface area (Å²) in [7, 11) is 0. The maximum atomic E-state index is 12.6. The minimum atomic E-state index is -0.145. The predicted octanol–water partition coefficient (Wildman–Crippen LogP) is 3.57. The molecule has 5 nitrogen and oxygen atoms in total. The fraction of sp³-hybridized carbons (Fsp3) is 0.348. The van der Waals surface area contributed by atoms with Crippen molar-refractivity contribution >= 4 is 11.9 Å². The summed E-state index contributed by atoms with van der Waals surface area (Å²) in [6.45, 7) is 3.41. The molecule has 0 atom stereocenters. The summed E-state index contributed by atoms with van der Waals surface area (Å²) in [5.41, 5.74) is 3.70. The van der Waals surface area contributed by atoms with Crippen molar-refractivity contribution in [3.05, 3.63) is 59.7 Å². The Balaban J connectivity index is 1.55. The summed E-state index contributed by atoms with van der Waals surface area (Å²) in [4.78, 5) is 26.2. The van der Waals surface area contributed by atoms with Crippen molar-refractivity contribution in [2.75, 3.05) is 19.7 Å². The average molecular weight is 376 g/mol. The molecular weight excluding hydrogens is 352 g/mol. The molecule has 3 rings (SSSR count). The first kappa shape index (κ1) is 19.6. The predicted molar refractivity (Wildman–Crippen MR) is 106 cm³/mol. The van der Waals surface area contributed by atoms with E-state index in [0.717, 1.165) is 16.7 Å². The summed E-state index contributed by atoms with van der Waals surface area (Å²) >= 11 is 0. The minimum Gasteiger partial charge on any atom is -0.466 e. The molecule has 0 unspecified atom stereocenters. The highest BCUT2D eigenvalue weighted by Crippen LogP contribution is 2.22. The van der Waals surface area contributed by atoms with Gasteiger partial charge in [0.05, 0.1) is 30.6 Å². The van der Waals surface area contributed by atoms with Gasteiger partial charge in [0.1, 0.15) is 0 Å². The van der Waals surface area contributed by atoms with E-state index in [1.165, 1.54) is 0 Å². The first-order valence-electron chi connectivity index (χ1n) is 9.64. The lowest BCUT2D eigenvalue weighted by molar-refractivity contribution is -0.151. The second kappa shape index (κ2) is 9.18. The minimum absolute atomic E-state index is 0.0873. The Bertz CT molecular complexity index is 858. The third-order valence-electron chi connectivity index (χ3n) is 5.12. The van der Waals surface area contributed by atoms with Crippen LogP contribution < -0.4 is 0 Å². The molecule has 1 fully saturated rings. The van der Waals surface area contributed by atoms with Gasteiger partial charge in [0, 0.05) is 13.1 Å². The number of carbonyl (C=O) groups excluding carboxylic acids is 2. The van der Waals surface area contributed by atoms with Crippen LogP contribution in [0.1, 0.15) is 30.9 Å². The summed E-state index contributed by atoms with van der Waals surface area (Å²) < 4.78 is 5.08. The van der Waals surface area contributed by atoms with Crippen LogP contribution in [0.15, 0.2) is 48.5 Å². The van der Waals surface area contributed by atoms with E-state index in [1.807, 2.05) is 48.2 Å². The van der Waals surface area contributed by atoms with Gasteiger partial charge in [-0.3, -0.25) is 9.59 Å². The third-order valence-corrected chi connectivity index (χ3v) is 5.12. The molecule has 0 radical (unpaired) electrons. The summed E-state index contributed by atoms with van der Waals surface area (Å²) in [6, 6.07) is 17.5. The van der Waals surface area contributed by atoms with Crippen LogP contribution in [-0.4, -0.2) is 36.5 Å². The topological polar surface area (TPSA) is 70.4 Å². The molecule has 2 aromatic rings. The molecular formula is C23H24N2O3. The lowest BCUT2D eigenvalue weighted by Crippen LogP contribution is -2.41. The number of rotatable bonds is 5. The molecule has 0 N–H and O–H groups in total. The molecule has 0 bridgehead atoms. The number of carbonyl (C=O) groups is 2. The fourth-order valence-corrected chi connectivity index (χ4v) is 3.46. The van der Waals surface area contributed by atoms with Crippen molar-refractivity contribution in [1.29, 1.82) is 5.26 Å². The van der Waals surface area contributed by atoms with Gasteiger partial charge in [0.25, 0.3) is 0 Å². The second-order valence-corrected chi connectivity index (χ2v) is 6.97. The molecule has 5 heteroatoms. The van der Waals surface area contributed by atoms with Crippen LogP contribution in [0.5, 0.6) is 0 Å². The van der Waals surface area contributed by atoms with Gasteiger partial charge in [0.15, 0.2) is 0 Å². The number of benzene rings is 2. The van der Waals surface area contributed by atoms with Crippen molar-refractivity contribution in [3.8, 4) is 17.2 Å². The molecule has 0 saturated carbocycles. The zero-order valence-electron chi connectivity index (χ0n) is 16.1. The Labute approximate surface area is 165 Å². The Morgan fingerprint density at radius 3 is 2.14 bits per heavy atom. The van der Waals surface area contributed by atoms with Gasteiger partial charge >= 0.3 is 5.97 Å². The van der Waals surface area contributed by atoms with E-state index in [1.54, 1.807) is 12.1 Å². The molecule has 0 spiro atoms. The first-order valence-corrected chi connectivity index (χ1v) is 9.64. The maximum absolute atomic E-state index is 12.6. The lowest BCUT2D eigenvalue weighted by Gasteiger charge is -2.31. The Morgan fingerprint density at radius 1 is 1.04 bits per heavy atom. The van der Waals surface area contributed by atoms with Crippen molar-refractivity contribution in [3.63, 3.8) is 0 Å². The number of piperidine rings is 1. The van der Waals surface area contributed by atoms with Crippen molar-refractivity contribution in [2.45, 2.75) is 26.2 Å². The van der Waals surface area contributed by atoms with Crippen LogP contribution in [-0.2, 0) is 20.7 Å². The summed E-state index contributed by atoms with van der Waals surface area (Å²) in [6.07, 6.45) is 1.70. The van der Waals surface area contributed by atoms with E-state index in [4.69, 9.17) is 10.00 Å². The van der Waals surface area contributed by atoms with Gasteiger partial charge in [-0.05, 0) is 48.6 Å². The molecule has 1 heterocycles. The van der Waals surface area contributed by atoms with Crippen LogP contribution >= 0.6 is 0 Å². The largest absolute Gasteiger partial charge is 0.466 e. The van der Waals surface area contributed by atoms with Crippen molar-refractivity contribution < 1.29 is 14.3 Å². The van der Waals surface area contributed by atoms with Gasteiger partial charge in [-0.2, -0.15) is 5.26 Å². The summed E-state index contributed by atoms with van der Waals surface area (Å²) in [5, 5.41) is 8.88. The van der Waals surface area contributed by atoms with E-state index in [9.17, 15) is 9.59 Å². The second-order valence-electron chi connectivity index (χ2n) is 6.97. The average Bonchev–Trinajstić information content (AvgIpc) is 2.74. The van der Waals surface area contributed by atoms with Gasteiger partial charge in [-0.1, -0.05) is 36.4 Å². The fourth-order valence-electron chi connectivity index (χ4n) is 3.46. The molecule has 2 aromatic carbocycles. The summed E-state index contributed by atoms with van der Waals surface area (Å²) in [5.74, 6) is -0.142. The monoisotopic (exact) mass is 376 g/mol. The van der Waals surface area contributed by atoms with Crippen LogP contribution in [0.3, 0.4) is 0 Å². The number of likely N-dealkylation sites (tertiary alicyclic amines) is 1. The Morgan fingerprint density at radius 2 is 1.61 bits per heavy atom. The maximum Gasteiger partial charge on any atom is 0.309 e. The Hall–Kier alpha value is -3.13. The van der Waals surface area contributed by atoms with Gasteiger partial charge < -0.3 is 9.64 Å².